The molecule has 6 heteroatoms. The van der Waals surface area contributed by atoms with Crippen LogP contribution in [0.5, 0.6) is 0 Å². The second-order valence-corrected chi connectivity index (χ2v) is 7.37. The first-order valence-electron chi connectivity index (χ1n) is 8.19. The van der Waals surface area contributed by atoms with Crippen molar-refractivity contribution in [3.05, 3.63) is 46.6 Å². The van der Waals surface area contributed by atoms with Gasteiger partial charge in [0.05, 0.1) is 12.5 Å². The fourth-order valence-electron chi connectivity index (χ4n) is 2.55. The fourth-order valence-corrected chi connectivity index (χ4v) is 2.82. The molecule has 0 unspecified atom stereocenters. The van der Waals surface area contributed by atoms with Gasteiger partial charge >= 0.3 is 5.97 Å². The topological polar surface area (TPSA) is 59.8 Å². The van der Waals surface area contributed by atoms with E-state index in [2.05, 4.69) is 15.9 Å². The highest BCUT2D eigenvalue weighted by Crippen LogP contribution is 2.38. The number of carbonyl (C=O) groups is 2. The van der Waals surface area contributed by atoms with Crippen LogP contribution in [0, 0.1) is 11.8 Å². The molecule has 1 heterocycles. The molecule has 0 radical (unpaired) electrons. The third-order valence-electron chi connectivity index (χ3n) is 4.36. The molecule has 1 aliphatic rings. The molecule has 1 saturated carbocycles. The number of hydrogen-bond donors (Lipinski definition) is 0. The summed E-state index contributed by atoms with van der Waals surface area (Å²) in [6.45, 7) is 2.10. The van der Waals surface area contributed by atoms with E-state index in [0.29, 0.717) is 18.2 Å². The van der Waals surface area contributed by atoms with Gasteiger partial charge in [0.1, 0.15) is 11.5 Å². The molecule has 0 saturated heterocycles. The molecular formula is C19H20BrNO4. The maximum absolute atomic E-state index is 12.1. The molecule has 1 aliphatic carbocycles. The lowest BCUT2D eigenvalue weighted by Crippen LogP contribution is -2.31. The van der Waals surface area contributed by atoms with Gasteiger partial charge in [-0.15, -0.1) is 0 Å². The quantitative estimate of drug-likeness (QED) is 0.684. The molecule has 0 aliphatic heterocycles. The predicted octanol–water partition coefficient (Wildman–Crippen LogP) is 3.87. The van der Waals surface area contributed by atoms with Crippen LogP contribution in [0.4, 0.5) is 0 Å². The zero-order valence-electron chi connectivity index (χ0n) is 14.2. The van der Waals surface area contributed by atoms with E-state index < -0.39 is 0 Å². The molecule has 1 amide bonds. The first-order chi connectivity index (χ1) is 11.9. The van der Waals surface area contributed by atoms with Gasteiger partial charge in [0.25, 0.3) is 5.91 Å². The first kappa shape index (κ1) is 17.7. The van der Waals surface area contributed by atoms with Crippen LogP contribution >= 0.6 is 15.9 Å². The van der Waals surface area contributed by atoms with Gasteiger partial charge < -0.3 is 14.1 Å². The van der Waals surface area contributed by atoms with Crippen molar-refractivity contribution in [2.24, 2.45) is 11.8 Å². The summed E-state index contributed by atoms with van der Waals surface area (Å²) < 4.78 is 11.9. The number of likely N-dealkylation sites (N-methyl/N-ethyl adjacent to an activating group) is 1. The summed E-state index contributed by atoms with van der Waals surface area (Å²) in [4.78, 5) is 25.3. The Morgan fingerprint density at radius 2 is 1.92 bits per heavy atom. The molecule has 0 N–H and O–H groups in total. The normalized spacial score (nSPS) is 18.7. The van der Waals surface area contributed by atoms with E-state index in [1.807, 2.05) is 43.3 Å². The number of halogens is 1. The number of amides is 1. The van der Waals surface area contributed by atoms with Crippen molar-refractivity contribution in [2.75, 3.05) is 13.7 Å². The Bertz CT molecular complexity index is 768. The zero-order chi connectivity index (χ0) is 18.0. The smallest absolute Gasteiger partial charge is 0.309 e. The lowest BCUT2D eigenvalue weighted by Gasteiger charge is -2.15. The molecule has 5 nitrogen and oxygen atoms in total. The molecule has 0 bridgehead atoms. The monoisotopic (exact) mass is 405 g/mol. The van der Waals surface area contributed by atoms with E-state index in [4.69, 9.17) is 9.15 Å². The highest BCUT2D eigenvalue weighted by Gasteiger charge is 2.40. The number of esters is 1. The van der Waals surface area contributed by atoms with E-state index in [1.54, 1.807) is 7.05 Å². The minimum atomic E-state index is -0.273. The summed E-state index contributed by atoms with van der Waals surface area (Å²) >= 11 is 3.40. The van der Waals surface area contributed by atoms with Crippen LogP contribution in [-0.2, 0) is 20.9 Å². The summed E-state index contributed by atoms with van der Waals surface area (Å²) in [5, 5.41) is 0. The van der Waals surface area contributed by atoms with Gasteiger partial charge in [-0.2, -0.15) is 0 Å². The largest absolute Gasteiger partial charge is 0.459 e. The van der Waals surface area contributed by atoms with Crippen LogP contribution < -0.4 is 0 Å². The van der Waals surface area contributed by atoms with Crippen molar-refractivity contribution >= 4 is 27.8 Å². The van der Waals surface area contributed by atoms with Crippen LogP contribution in [0.25, 0.3) is 11.3 Å². The summed E-state index contributed by atoms with van der Waals surface area (Å²) in [7, 11) is 1.66. The molecule has 1 aromatic heterocycles. The van der Waals surface area contributed by atoms with Crippen LogP contribution in [0.2, 0.25) is 0 Å². The standard InChI is InChI=1S/C19H20BrNO4/c1-12-9-16(12)19(23)24-11-18(22)21(2)10-15-7-8-17(25-15)13-3-5-14(20)6-4-13/h3-8,12,16H,9-11H2,1-2H3/t12-,16+/m0/s1. The number of rotatable bonds is 6. The lowest BCUT2D eigenvalue weighted by atomic mass is 10.2. The van der Waals surface area contributed by atoms with Gasteiger partial charge in [-0.1, -0.05) is 35.0 Å². The molecule has 0 spiro atoms. The Balaban J connectivity index is 1.52. The first-order valence-corrected chi connectivity index (χ1v) is 8.98. The summed E-state index contributed by atoms with van der Waals surface area (Å²) in [6.07, 6.45) is 0.855. The number of benzene rings is 1. The van der Waals surface area contributed by atoms with Crippen LogP contribution in [-0.4, -0.2) is 30.4 Å². The van der Waals surface area contributed by atoms with Gasteiger partial charge in [-0.3, -0.25) is 9.59 Å². The third kappa shape index (κ3) is 4.51. The summed E-state index contributed by atoms with van der Waals surface area (Å²) in [6, 6.07) is 11.5. The average molecular weight is 406 g/mol. The van der Waals surface area contributed by atoms with E-state index in [9.17, 15) is 9.59 Å². The molecule has 2 atom stereocenters. The molecule has 132 valence electrons. The predicted molar refractivity (Wildman–Crippen MR) is 96.5 cm³/mol. The molecule has 25 heavy (non-hydrogen) atoms. The van der Waals surface area contributed by atoms with Gasteiger partial charge in [0.15, 0.2) is 6.61 Å². The number of ether oxygens (including phenoxy) is 1. The van der Waals surface area contributed by atoms with Crippen LogP contribution in [0.1, 0.15) is 19.1 Å². The number of hydrogen-bond acceptors (Lipinski definition) is 4. The number of carbonyl (C=O) groups excluding carboxylic acids is 2. The Morgan fingerprint density at radius 1 is 1.24 bits per heavy atom. The third-order valence-corrected chi connectivity index (χ3v) is 4.89. The lowest BCUT2D eigenvalue weighted by molar-refractivity contribution is -0.153. The Kier molecular flexibility index (Phi) is 5.27. The Labute approximate surface area is 155 Å². The second kappa shape index (κ2) is 7.44. The zero-order valence-corrected chi connectivity index (χ0v) is 15.8. The molecule has 1 aromatic carbocycles. The van der Waals surface area contributed by atoms with E-state index in [0.717, 1.165) is 22.2 Å². The number of furan rings is 1. The van der Waals surface area contributed by atoms with Crippen molar-refractivity contribution in [1.29, 1.82) is 0 Å². The van der Waals surface area contributed by atoms with Gasteiger partial charge in [-0.25, -0.2) is 0 Å². The van der Waals surface area contributed by atoms with Gasteiger partial charge in [0.2, 0.25) is 0 Å². The van der Waals surface area contributed by atoms with E-state index >= 15 is 0 Å². The highest BCUT2D eigenvalue weighted by molar-refractivity contribution is 9.10. The van der Waals surface area contributed by atoms with E-state index in [-0.39, 0.29) is 24.4 Å². The summed E-state index contributed by atoms with van der Waals surface area (Å²) in [5.41, 5.74) is 0.968. The van der Waals surface area contributed by atoms with Crippen molar-refractivity contribution in [1.82, 2.24) is 4.90 Å². The van der Waals surface area contributed by atoms with Crippen molar-refractivity contribution in [3.8, 4) is 11.3 Å². The number of nitrogens with zero attached hydrogens (tertiary/aromatic N) is 1. The van der Waals surface area contributed by atoms with Crippen LogP contribution in [0.3, 0.4) is 0 Å². The van der Waals surface area contributed by atoms with E-state index in [1.165, 1.54) is 4.90 Å². The molecule has 3 rings (SSSR count). The Hall–Kier alpha value is -2.08. The van der Waals surface area contributed by atoms with Crippen molar-refractivity contribution in [2.45, 2.75) is 19.9 Å². The SMILES string of the molecule is C[C@H]1C[C@H]1C(=O)OCC(=O)N(C)Cc1ccc(-c2ccc(Br)cc2)o1. The molecule has 1 fully saturated rings. The highest BCUT2D eigenvalue weighted by atomic mass is 79.9. The van der Waals surface area contributed by atoms with Gasteiger partial charge in [-0.05, 0) is 36.6 Å². The maximum atomic E-state index is 12.1. The van der Waals surface area contributed by atoms with Crippen LogP contribution in [0.15, 0.2) is 45.3 Å². The van der Waals surface area contributed by atoms with Crippen molar-refractivity contribution < 1.29 is 18.7 Å². The fraction of sp³-hybridized carbons (Fsp3) is 0.368. The van der Waals surface area contributed by atoms with Gasteiger partial charge in [0, 0.05) is 17.1 Å². The van der Waals surface area contributed by atoms with Crippen molar-refractivity contribution in [3.63, 3.8) is 0 Å². The second-order valence-electron chi connectivity index (χ2n) is 6.45. The molecule has 2 aromatic rings. The minimum absolute atomic E-state index is 0.0309. The maximum Gasteiger partial charge on any atom is 0.309 e. The Morgan fingerprint density at radius 3 is 2.56 bits per heavy atom. The molecular weight excluding hydrogens is 386 g/mol. The average Bonchev–Trinajstić information content (AvgIpc) is 3.15. The minimum Gasteiger partial charge on any atom is -0.459 e. The summed E-state index contributed by atoms with van der Waals surface area (Å²) in [5.74, 6) is 1.25.